The number of hydrogen-bond donors (Lipinski definition) is 0. The van der Waals surface area contributed by atoms with Crippen LogP contribution in [0.5, 0.6) is 0 Å². The van der Waals surface area contributed by atoms with E-state index >= 15 is 0 Å². The van der Waals surface area contributed by atoms with E-state index in [1.165, 1.54) is 12.3 Å². The van der Waals surface area contributed by atoms with Gasteiger partial charge in [-0.1, -0.05) is 37.0 Å². The minimum absolute atomic E-state index is 0.207. The first kappa shape index (κ1) is 19.1. The second kappa shape index (κ2) is 8.66. The maximum atomic E-state index is 11.7. The summed E-state index contributed by atoms with van der Waals surface area (Å²) in [6.45, 7) is 8.42. The summed E-state index contributed by atoms with van der Waals surface area (Å²) >= 11 is 0. The summed E-state index contributed by atoms with van der Waals surface area (Å²) in [5, 5.41) is 5.34. The number of carbonyl (C=O) groups excluding carboxylic acids is 2. The third kappa shape index (κ3) is 6.81. The van der Waals surface area contributed by atoms with Gasteiger partial charge in [0.2, 0.25) is 0 Å². The fraction of sp³-hybridized carbons (Fsp3) is 0.467. The highest BCUT2D eigenvalue weighted by atomic mass is 28.3. The Kier molecular flexibility index (Phi) is 7.21. The van der Waals surface area contributed by atoms with Crippen molar-refractivity contribution in [3.63, 3.8) is 0 Å². The molecule has 1 atom stereocenters. The van der Waals surface area contributed by atoms with E-state index in [9.17, 15) is 9.59 Å². The minimum Gasteiger partial charge on any atom is -0.427 e. The van der Waals surface area contributed by atoms with Crippen molar-refractivity contribution in [3.8, 4) is 0 Å². The van der Waals surface area contributed by atoms with Gasteiger partial charge in [0.1, 0.15) is 6.10 Å². The van der Waals surface area contributed by atoms with Crippen molar-refractivity contribution in [2.45, 2.75) is 32.7 Å². The maximum Gasteiger partial charge on any atom is 0.543 e. The topological polar surface area (TPSA) is 80.3 Å². The summed E-state index contributed by atoms with van der Waals surface area (Å²) in [6.07, 6.45) is -1.64. The Morgan fingerprint density at radius 2 is 1.70 bits per heavy atom. The summed E-state index contributed by atoms with van der Waals surface area (Å²) in [5.41, 5.74) is 0.289. The molecular weight excluding hydrogens is 320 g/mol. The second-order valence-corrected chi connectivity index (χ2v) is 11.1. The molecule has 0 fully saturated rings. The summed E-state index contributed by atoms with van der Waals surface area (Å²) in [4.78, 5) is 31.5. The number of hydrogen-bond acceptors (Lipinski definition) is 7. The van der Waals surface area contributed by atoms with Gasteiger partial charge in [0.05, 0.1) is 25.3 Å². The first-order chi connectivity index (χ1) is 10.7. The number of carbonyl (C=O) groups is 2. The van der Waals surface area contributed by atoms with E-state index in [1.807, 2.05) is 12.1 Å². The molecule has 8 heteroatoms. The molecule has 1 unspecified atom stereocenters. The lowest BCUT2D eigenvalue weighted by Gasteiger charge is -2.16. The van der Waals surface area contributed by atoms with Crippen LogP contribution in [0.3, 0.4) is 0 Å². The molecule has 0 saturated carbocycles. The molecule has 1 aromatic rings. The van der Waals surface area contributed by atoms with Crippen LogP contribution in [0.1, 0.15) is 17.3 Å². The van der Waals surface area contributed by atoms with Gasteiger partial charge in [0.25, 0.3) is 0 Å². The van der Waals surface area contributed by atoms with Crippen LogP contribution in [0.4, 0.5) is 4.79 Å². The molecule has 0 amide bonds. The monoisotopic (exact) mass is 342 g/mol. The van der Waals surface area contributed by atoms with E-state index in [4.69, 9.17) is 9.47 Å². The van der Waals surface area contributed by atoms with Crippen molar-refractivity contribution in [2.75, 3.05) is 13.7 Å². The Balaban J connectivity index is 2.41. The van der Waals surface area contributed by atoms with Gasteiger partial charge in [0, 0.05) is 7.11 Å². The highest BCUT2D eigenvalue weighted by molar-refractivity contribution is 6.88. The molecule has 128 valence electrons. The van der Waals surface area contributed by atoms with Crippen molar-refractivity contribution in [1.29, 1.82) is 0 Å². The first-order valence-electron chi connectivity index (χ1n) is 7.09. The van der Waals surface area contributed by atoms with Gasteiger partial charge in [-0.3, -0.25) is 4.89 Å². The molecule has 1 rings (SSSR count). The average molecular weight is 342 g/mol. The maximum absolute atomic E-state index is 11.7. The molecule has 23 heavy (non-hydrogen) atoms. The zero-order valence-electron chi connectivity index (χ0n) is 14.0. The highest BCUT2D eigenvalue weighted by Gasteiger charge is 2.18. The molecule has 0 saturated heterocycles. The summed E-state index contributed by atoms with van der Waals surface area (Å²) in [6, 6.07) is 7.03. The van der Waals surface area contributed by atoms with Crippen LogP contribution in [0, 0.1) is 0 Å². The van der Waals surface area contributed by atoms with E-state index in [2.05, 4.69) is 34.5 Å². The molecule has 0 aromatic heterocycles. The van der Waals surface area contributed by atoms with Crippen LogP contribution in [-0.4, -0.2) is 40.0 Å². The number of methoxy groups -OCH3 is 1. The third-order valence-electron chi connectivity index (χ3n) is 2.90. The number of benzene rings is 1. The minimum atomic E-state index is -1.43. The smallest absolute Gasteiger partial charge is 0.427 e. The van der Waals surface area contributed by atoms with Crippen LogP contribution in [0.15, 0.2) is 24.3 Å². The summed E-state index contributed by atoms with van der Waals surface area (Å²) < 4.78 is 9.52. The van der Waals surface area contributed by atoms with E-state index in [0.29, 0.717) is 0 Å². The van der Waals surface area contributed by atoms with Crippen molar-refractivity contribution in [1.82, 2.24) is 0 Å². The van der Waals surface area contributed by atoms with Gasteiger partial charge < -0.3 is 9.47 Å². The molecule has 0 spiro atoms. The van der Waals surface area contributed by atoms with Crippen molar-refractivity contribution in [2.24, 2.45) is 0 Å². The predicted octanol–water partition coefficient (Wildman–Crippen LogP) is 2.42. The second-order valence-electron chi connectivity index (χ2n) is 5.98. The molecule has 0 N–H and O–H groups in total. The largest absolute Gasteiger partial charge is 0.543 e. The Bertz CT molecular complexity index is 522. The molecule has 0 bridgehead atoms. The Morgan fingerprint density at radius 3 is 2.22 bits per heavy atom. The lowest BCUT2D eigenvalue weighted by molar-refractivity contribution is -0.453. The van der Waals surface area contributed by atoms with E-state index < -0.39 is 26.3 Å². The Hall–Kier alpha value is -1.90. The van der Waals surface area contributed by atoms with Crippen molar-refractivity contribution >= 4 is 25.4 Å². The van der Waals surface area contributed by atoms with E-state index in [-0.39, 0.29) is 12.2 Å². The van der Waals surface area contributed by atoms with Crippen LogP contribution in [-0.2, 0) is 24.3 Å². The van der Waals surface area contributed by atoms with Gasteiger partial charge in [0.15, 0.2) is 0 Å². The number of rotatable bonds is 7. The van der Waals surface area contributed by atoms with Crippen molar-refractivity contribution < 1.29 is 33.9 Å². The SMILES string of the molecule is COCC(C)OC(=O)OOOC(=O)c1ccc([Si](C)(C)C)cc1. The van der Waals surface area contributed by atoms with E-state index in [1.54, 1.807) is 19.1 Å². The average Bonchev–Trinajstić information content (AvgIpc) is 2.46. The van der Waals surface area contributed by atoms with Crippen LogP contribution < -0.4 is 5.19 Å². The fourth-order valence-electron chi connectivity index (χ4n) is 1.68. The molecular formula is C15H22O7Si. The van der Waals surface area contributed by atoms with E-state index in [0.717, 1.165) is 0 Å². The lowest BCUT2D eigenvalue weighted by Crippen LogP contribution is -2.37. The standard InChI is InChI=1S/C15H22O7Si/c1-11(10-18-2)19-15(17)21-22-20-14(16)12-6-8-13(9-7-12)23(3,4)5/h6-9,11H,10H2,1-5H3. The van der Waals surface area contributed by atoms with Gasteiger partial charge >= 0.3 is 12.1 Å². The molecule has 0 radical (unpaired) electrons. The molecule has 0 aliphatic heterocycles. The highest BCUT2D eigenvalue weighted by Crippen LogP contribution is 2.06. The zero-order valence-corrected chi connectivity index (χ0v) is 15.0. The van der Waals surface area contributed by atoms with Gasteiger partial charge in [-0.2, -0.15) is 0 Å². The van der Waals surface area contributed by atoms with Gasteiger partial charge in [-0.05, 0) is 19.1 Å². The first-order valence-corrected chi connectivity index (χ1v) is 10.6. The molecule has 0 aliphatic carbocycles. The third-order valence-corrected chi connectivity index (χ3v) is 4.96. The zero-order chi connectivity index (χ0) is 17.5. The van der Waals surface area contributed by atoms with Gasteiger partial charge in [-0.15, -0.1) is 0 Å². The normalized spacial score (nSPS) is 12.4. The number of ether oxygens (including phenoxy) is 2. The Morgan fingerprint density at radius 1 is 1.09 bits per heavy atom. The summed E-state index contributed by atoms with van der Waals surface area (Å²) in [5.74, 6) is -0.773. The predicted molar refractivity (Wildman–Crippen MR) is 84.8 cm³/mol. The molecule has 1 aromatic carbocycles. The molecule has 7 nitrogen and oxygen atoms in total. The van der Waals surface area contributed by atoms with Crippen LogP contribution >= 0.6 is 0 Å². The van der Waals surface area contributed by atoms with Crippen LogP contribution in [0.25, 0.3) is 0 Å². The molecule has 0 heterocycles. The fourth-order valence-corrected chi connectivity index (χ4v) is 2.85. The quantitative estimate of drug-likeness (QED) is 0.326. The molecule has 0 aliphatic rings. The summed E-state index contributed by atoms with van der Waals surface area (Å²) in [7, 11) is 0.0357. The van der Waals surface area contributed by atoms with Crippen molar-refractivity contribution in [3.05, 3.63) is 29.8 Å². The Labute approximate surface area is 136 Å². The van der Waals surface area contributed by atoms with Gasteiger partial charge in [-0.25, -0.2) is 14.5 Å². The lowest BCUT2D eigenvalue weighted by atomic mass is 10.2. The van der Waals surface area contributed by atoms with Crippen LogP contribution in [0.2, 0.25) is 19.6 Å².